The van der Waals surface area contributed by atoms with E-state index in [-0.39, 0.29) is 11.3 Å². The molecule has 7 heteroatoms. The van der Waals surface area contributed by atoms with Crippen molar-refractivity contribution in [2.24, 2.45) is 0 Å². The number of benzene rings is 2. The van der Waals surface area contributed by atoms with Gasteiger partial charge in [-0.1, -0.05) is 42.0 Å². The van der Waals surface area contributed by atoms with E-state index in [9.17, 15) is 19.1 Å². The number of rotatable bonds is 5. The molecule has 2 aromatic carbocycles. The second-order valence-corrected chi connectivity index (χ2v) is 8.02. The fourth-order valence-electron chi connectivity index (χ4n) is 4.16. The Hall–Kier alpha value is -3.03. The molecule has 0 radical (unpaired) electrons. The van der Waals surface area contributed by atoms with Gasteiger partial charge in [0, 0.05) is 5.56 Å². The maximum Gasteiger partial charge on any atom is 0.295 e. The molecule has 4 rings (SSSR count). The van der Waals surface area contributed by atoms with Crippen LogP contribution in [0.15, 0.2) is 54.1 Å². The van der Waals surface area contributed by atoms with E-state index in [0.29, 0.717) is 37.4 Å². The summed E-state index contributed by atoms with van der Waals surface area (Å²) in [5, 5.41) is 11.0. The Morgan fingerprint density at radius 2 is 1.74 bits per heavy atom. The van der Waals surface area contributed by atoms with Crippen LogP contribution in [0.1, 0.15) is 22.7 Å². The summed E-state index contributed by atoms with van der Waals surface area (Å²) in [4.78, 5) is 28.7. The highest BCUT2D eigenvalue weighted by Gasteiger charge is 2.46. The topological polar surface area (TPSA) is 71.3 Å². The van der Waals surface area contributed by atoms with Crippen LogP contribution in [-0.4, -0.2) is 61.1 Å². The summed E-state index contributed by atoms with van der Waals surface area (Å²) in [6.45, 7) is 5.97. The normalized spacial score (nSPS) is 21.6. The Morgan fingerprint density at radius 3 is 2.39 bits per heavy atom. The minimum absolute atomic E-state index is 0.0393. The van der Waals surface area contributed by atoms with Crippen LogP contribution in [0, 0.1) is 12.7 Å². The van der Waals surface area contributed by atoms with Crippen molar-refractivity contribution < 1.29 is 28.7 Å². The Bertz CT molecular complexity index is 995. The van der Waals surface area contributed by atoms with Gasteiger partial charge in [0.05, 0.1) is 37.9 Å². The van der Waals surface area contributed by atoms with Crippen molar-refractivity contribution in [2.45, 2.75) is 13.0 Å². The number of nitrogens with one attached hydrogen (secondary N) is 1. The summed E-state index contributed by atoms with van der Waals surface area (Å²) in [7, 11) is 0. The number of likely N-dealkylation sites (tertiary alicyclic amines) is 1. The first-order chi connectivity index (χ1) is 15.0. The van der Waals surface area contributed by atoms with Gasteiger partial charge < -0.3 is 19.6 Å². The molecular weight excluding hydrogens is 399 g/mol. The first kappa shape index (κ1) is 21.2. The van der Waals surface area contributed by atoms with Gasteiger partial charge in [0.1, 0.15) is 24.7 Å². The van der Waals surface area contributed by atoms with Gasteiger partial charge in [-0.15, -0.1) is 0 Å². The van der Waals surface area contributed by atoms with Gasteiger partial charge in [0.2, 0.25) is 0 Å². The average molecular weight is 425 g/mol. The molecule has 1 amide bonds. The molecule has 2 aromatic rings. The van der Waals surface area contributed by atoms with Crippen LogP contribution in [0.3, 0.4) is 0 Å². The third-order valence-corrected chi connectivity index (χ3v) is 5.96. The van der Waals surface area contributed by atoms with Gasteiger partial charge in [-0.2, -0.15) is 0 Å². The van der Waals surface area contributed by atoms with Crippen molar-refractivity contribution in [3.63, 3.8) is 0 Å². The number of ketones is 1. The molecule has 1 atom stereocenters. The zero-order valence-corrected chi connectivity index (χ0v) is 17.4. The second kappa shape index (κ2) is 8.99. The number of carbonyl (C=O) groups excluding carboxylic acids is 2. The zero-order valence-electron chi connectivity index (χ0n) is 17.4. The van der Waals surface area contributed by atoms with Crippen LogP contribution in [0.2, 0.25) is 0 Å². The number of morpholine rings is 1. The van der Waals surface area contributed by atoms with Crippen molar-refractivity contribution in [1.29, 1.82) is 0 Å². The number of carbonyl (C=O) groups is 2. The number of aliphatic hydroxyl groups is 1. The van der Waals surface area contributed by atoms with Gasteiger partial charge in [0.25, 0.3) is 11.7 Å². The van der Waals surface area contributed by atoms with Crippen LogP contribution in [0.5, 0.6) is 0 Å². The Kier molecular flexibility index (Phi) is 6.15. The molecule has 2 saturated heterocycles. The fourth-order valence-corrected chi connectivity index (χ4v) is 4.16. The third-order valence-electron chi connectivity index (χ3n) is 5.96. The Morgan fingerprint density at radius 1 is 1.10 bits per heavy atom. The highest BCUT2D eigenvalue weighted by molar-refractivity contribution is 6.46. The van der Waals surface area contributed by atoms with Crippen LogP contribution >= 0.6 is 0 Å². The molecule has 2 heterocycles. The standard InChI is InChI=1S/C24H25FN2O4/c1-16-2-4-18(5-3-16)22(28)20-21(17-6-8-19(25)9-7-17)27(24(30)23(20)29)11-10-26-12-14-31-15-13-26/h2-9,21,28H,10-15H2,1H3/p+1. The van der Waals surface area contributed by atoms with E-state index < -0.39 is 23.5 Å². The summed E-state index contributed by atoms with van der Waals surface area (Å²) in [5.74, 6) is -1.98. The SMILES string of the molecule is Cc1ccc(C(O)=C2C(=O)C(=O)N(CC[NH+]3CCOCC3)C2c2ccc(F)cc2)cc1. The second-order valence-electron chi connectivity index (χ2n) is 8.02. The number of ether oxygens (including phenoxy) is 1. The molecule has 2 aliphatic rings. The lowest BCUT2D eigenvalue weighted by molar-refractivity contribution is -0.907. The lowest BCUT2D eigenvalue weighted by atomic mass is 9.95. The number of aryl methyl sites for hydroxylation is 1. The molecule has 1 unspecified atom stereocenters. The molecule has 162 valence electrons. The van der Waals surface area contributed by atoms with Crippen molar-refractivity contribution >= 4 is 17.4 Å². The smallest absolute Gasteiger partial charge is 0.295 e. The molecule has 2 N–H and O–H groups in total. The lowest BCUT2D eigenvalue weighted by Gasteiger charge is -2.29. The van der Waals surface area contributed by atoms with Gasteiger partial charge in [-0.25, -0.2) is 4.39 Å². The van der Waals surface area contributed by atoms with E-state index in [1.54, 1.807) is 24.3 Å². The average Bonchev–Trinajstić information content (AvgIpc) is 3.04. The van der Waals surface area contributed by atoms with Crippen LogP contribution < -0.4 is 4.90 Å². The lowest BCUT2D eigenvalue weighted by Crippen LogP contribution is -3.14. The van der Waals surface area contributed by atoms with Crippen molar-refractivity contribution in [2.75, 3.05) is 39.4 Å². The van der Waals surface area contributed by atoms with Gasteiger partial charge >= 0.3 is 0 Å². The van der Waals surface area contributed by atoms with Crippen molar-refractivity contribution in [3.05, 3.63) is 76.6 Å². The van der Waals surface area contributed by atoms with Gasteiger partial charge in [-0.3, -0.25) is 9.59 Å². The monoisotopic (exact) mass is 425 g/mol. The molecule has 2 fully saturated rings. The predicted octanol–water partition coefficient (Wildman–Crippen LogP) is 1.47. The van der Waals surface area contributed by atoms with Gasteiger partial charge in [-0.05, 0) is 24.6 Å². The van der Waals surface area contributed by atoms with Crippen molar-refractivity contribution in [3.8, 4) is 0 Å². The molecule has 6 nitrogen and oxygen atoms in total. The quantitative estimate of drug-likeness (QED) is 0.433. The van der Waals surface area contributed by atoms with Crippen molar-refractivity contribution in [1.82, 2.24) is 4.90 Å². The first-order valence-electron chi connectivity index (χ1n) is 10.5. The van der Waals surface area contributed by atoms with E-state index >= 15 is 0 Å². The maximum atomic E-state index is 13.5. The summed E-state index contributed by atoms with van der Waals surface area (Å²) in [6, 6.07) is 12.1. The highest BCUT2D eigenvalue weighted by atomic mass is 19.1. The van der Waals surface area contributed by atoms with Gasteiger partial charge in [0.15, 0.2) is 0 Å². The van der Waals surface area contributed by atoms with Crippen LogP contribution in [-0.2, 0) is 14.3 Å². The number of nitrogens with zero attached hydrogens (tertiary/aromatic N) is 1. The number of hydrogen-bond acceptors (Lipinski definition) is 4. The summed E-state index contributed by atoms with van der Waals surface area (Å²) in [6.07, 6.45) is 0. The predicted molar refractivity (Wildman–Crippen MR) is 113 cm³/mol. The molecule has 0 aliphatic carbocycles. The minimum atomic E-state index is -0.762. The van der Waals surface area contributed by atoms with Crippen LogP contribution in [0.25, 0.3) is 5.76 Å². The summed E-state index contributed by atoms with van der Waals surface area (Å²) < 4.78 is 18.9. The van der Waals surface area contributed by atoms with E-state index in [2.05, 4.69) is 0 Å². The Labute approximate surface area is 180 Å². The largest absolute Gasteiger partial charge is 0.507 e. The van der Waals surface area contributed by atoms with E-state index in [0.717, 1.165) is 18.7 Å². The maximum absolute atomic E-state index is 13.5. The molecule has 0 bridgehead atoms. The summed E-state index contributed by atoms with van der Waals surface area (Å²) >= 11 is 0. The summed E-state index contributed by atoms with van der Waals surface area (Å²) in [5.41, 5.74) is 2.11. The third kappa shape index (κ3) is 4.38. The van der Waals surface area contributed by atoms with Crippen LogP contribution in [0.4, 0.5) is 4.39 Å². The first-order valence-corrected chi connectivity index (χ1v) is 10.5. The molecule has 0 spiro atoms. The van der Waals surface area contributed by atoms with E-state index in [4.69, 9.17) is 4.74 Å². The number of aliphatic hydroxyl groups excluding tert-OH is 1. The number of quaternary nitrogens is 1. The minimum Gasteiger partial charge on any atom is -0.507 e. The Balaban J connectivity index is 1.72. The number of hydrogen-bond donors (Lipinski definition) is 2. The molecular formula is C24H26FN2O4+. The molecule has 31 heavy (non-hydrogen) atoms. The number of amides is 1. The fraction of sp³-hybridized carbons (Fsp3) is 0.333. The van der Waals surface area contributed by atoms with E-state index in [1.807, 2.05) is 19.1 Å². The molecule has 2 aliphatic heterocycles. The highest BCUT2D eigenvalue weighted by Crippen LogP contribution is 2.39. The molecule has 0 aromatic heterocycles. The van der Waals surface area contributed by atoms with E-state index in [1.165, 1.54) is 21.9 Å². The number of Topliss-reactive ketones (excluding diaryl/α,β-unsaturated/α-hetero) is 1. The number of halogens is 1. The molecule has 0 saturated carbocycles. The zero-order chi connectivity index (χ0) is 22.0.